The third-order valence-corrected chi connectivity index (χ3v) is 4.19. The van der Waals surface area contributed by atoms with Crippen LogP contribution in [0.15, 0.2) is 42.5 Å². The summed E-state index contributed by atoms with van der Waals surface area (Å²) in [5.41, 5.74) is 6.47. The van der Waals surface area contributed by atoms with Crippen LogP contribution >= 0.6 is 0 Å². The molecule has 1 aliphatic heterocycles. The molecule has 0 unspecified atom stereocenters. The third kappa shape index (κ3) is 3.51. The Balaban J connectivity index is 1.78. The van der Waals surface area contributed by atoms with E-state index in [1.807, 2.05) is 42.5 Å². The average Bonchev–Trinajstić information content (AvgIpc) is 3.09. The molecule has 2 atom stereocenters. The summed E-state index contributed by atoms with van der Waals surface area (Å²) >= 11 is 0. The fourth-order valence-corrected chi connectivity index (χ4v) is 2.96. The highest BCUT2D eigenvalue weighted by atomic mass is 16.5. The lowest BCUT2D eigenvalue weighted by Gasteiger charge is -2.19. The topological polar surface area (TPSA) is 81.4 Å². The first-order valence-electron chi connectivity index (χ1n) is 7.83. The van der Waals surface area contributed by atoms with E-state index in [0.29, 0.717) is 19.4 Å². The van der Waals surface area contributed by atoms with Crippen molar-refractivity contribution >= 4 is 22.6 Å². The molecule has 1 fully saturated rings. The number of carbonyl (C=O) groups is 2. The summed E-state index contributed by atoms with van der Waals surface area (Å²) < 4.78 is 5.35. The first-order chi connectivity index (χ1) is 11.1. The minimum absolute atomic E-state index is 0.258. The SMILES string of the molecule is NC(=O)[C@H](Cc1cccc2ccccc12)NC(=O)[C@H]1CCCO1. The number of hydrogen-bond acceptors (Lipinski definition) is 3. The van der Waals surface area contributed by atoms with Gasteiger partial charge in [0.05, 0.1) is 0 Å². The third-order valence-electron chi connectivity index (χ3n) is 4.19. The lowest BCUT2D eigenvalue weighted by molar-refractivity contribution is -0.133. The van der Waals surface area contributed by atoms with Gasteiger partial charge in [0.2, 0.25) is 11.8 Å². The molecule has 0 aromatic heterocycles. The second kappa shape index (κ2) is 6.79. The second-order valence-electron chi connectivity index (χ2n) is 5.81. The van der Waals surface area contributed by atoms with Crippen LogP contribution in [0.4, 0.5) is 0 Å². The number of carbonyl (C=O) groups excluding carboxylic acids is 2. The number of fused-ring (bicyclic) bond motifs is 1. The summed E-state index contributed by atoms with van der Waals surface area (Å²) in [5.74, 6) is -0.796. The number of nitrogens with one attached hydrogen (secondary N) is 1. The van der Waals surface area contributed by atoms with Crippen LogP contribution in [0, 0.1) is 0 Å². The number of amides is 2. The Morgan fingerprint density at radius 1 is 1.22 bits per heavy atom. The lowest BCUT2D eigenvalue weighted by Crippen LogP contribution is -2.49. The van der Waals surface area contributed by atoms with Crippen molar-refractivity contribution in [2.45, 2.75) is 31.4 Å². The molecule has 2 amide bonds. The first-order valence-corrected chi connectivity index (χ1v) is 7.83. The number of benzene rings is 2. The molecule has 0 radical (unpaired) electrons. The zero-order valence-corrected chi connectivity index (χ0v) is 12.8. The molecule has 0 spiro atoms. The summed E-state index contributed by atoms with van der Waals surface area (Å²) in [6.45, 7) is 0.586. The highest BCUT2D eigenvalue weighted by Crippen LogP contribution is 2.20. The average molecular weight is 312 g/mol. The summed E-state index contributed by atoms with van der Waals surface area (Å²) in [7, 11) is 0. The van der Waals surface area contributed by atoms with Crippen molar-refractivity contribution in [1.29, 1.82) is 0 Å². The molecule has 0 saturated carbocycles. The zero-order chi connectivity index (χ0) is 16.2. The van der Waals surface area contributed by atoms with E-state index in [-0.39, 0.29) is 5.91 Å². The Morgan fingerprint density at radius 3 is 2.74 bits per heavy atom. The monoisotopic (exact) mass is 312 g/mol. The quantitative estimate of drug-likeness (QED) is 0.878. The van der Waals surface area contributed by atoms with E-state index in [2.05, 4.69) is 5.32 Å². The Kier molecular flexibility index (Phi) is 4.57. The van der Waals surface area contributed by atoms with Gasteiger partial charge in [-0.15, -0.1) is 0 Å². The Bertz CT molecular complexity index is 718. The normalized spacial score (nSPS) is 18.7. The van der Waals surface area contributed by atoms with Crippen LogP contribution in [0.25, 0.3) is 10.8 Å². The van der Waals surface area contributed by atoms with E-state index in [1.54, 1.807) is 0 Å². The maximum atomic E-state index is 12.2. The summed E-state index contributed by atoms with van der Waals surface area (Å²) in [5, 5.41) is 4.89. The standard InChI is InChI=1S/C18H20N2O3/c19-17(21)15(20-18(22)16-9-4-10-23-16)11-13-7-3-6-12-5-1-2-8-14(12)13/h1-3,5-8,15-16H,4,9-11H2,(H2,19,21)(H,20,22)/t15-,16+/m0/s1. The van der Waals surface area contributed by atoms with Gasteiger partial charge >= 0.3 is 0 Å². The molecule has 120 valence electrons. The maximum absolute atomic E-state index is 12.2. The zero-order valence-electron chi connectivity index (χ0n) is 12.8. The summed E-state index contributed by atoms with van der Waals surface area (Å²) in [6, 6.07) is 13.1. The van der Waals surface area contributed by atoms with Crippen molar-refractivity contribution in [3.05, 3.63) is 48.0 Å². The molecular formula is C18H20N2O3. The largest absolute Gasteiger partial charge is 0.368 e. The molecule has 0 bridgehead atoms. The highest BCUT2D eigenvalue weighted by molar-refractivity contribution is 5.90. The molecule has 3 rings (SSSR count). The van der Waals surface area contributed by atoms with Gasteiger partial charge in [-0.3, -0.25) is 9.59 Å². The maximum Gasteiger partial charge on any atom is 0.249 e. The van der Waals surface area contributed by atoms with Crippen LogP contribution in [-0.2, 0) is 20.7 Å². The summed E-state index contributed by atoms with van der Waals surface area (Å²) in [6.07, 6.45) is 1.45. The van der Waals surface area contributed by atoms with Crippen molar-refractivity contribution in [1.82, 2.24) is 5.32 Å². The lowest BCUT2D eigenvalue weighted by atomic mass is 9.98. The summed E-state index contributed by atoms with van der Waals surface area (Å²) in [4.78, 5) is 23.9. The van der Waals surface area contributed by atoms with Crippen molar-refractivity contribution < 1.29 is 14.3 Å². The van der Waals surface area contributed by atoms with Gasteiger partial charge in [0.25, 0.3) is 0 Å². The van der Waals surface area contributed by atoms with Gasteiger partial charge in [-0.2, -0.15) is 0 Å². The molecule has 1 saturated heterocycles. The van der Waals surface area contributed by atoms with Crippen LogP contribution in [0.3, 0.4) is 0 Å². The van der Waals surface area contributed by atoms with Gasteiger partial charge in [-0.05, 0) is 29.2 Å². The van der Waals surface area contributed by atoms with Gasteiger partial charge in [0, 0.05) is 13.0 Å². The molecule has 2 aromatic rings. The molecular weight excluding hydrogens is 292 g/mol. The first kappa shape index (κ1) is 15.5. The molecule has 5 nitrogen and oxygen atoms in total. The number of ether oxygens (including phenoxy) is 1. The Labute approximate surface area is 134 Å². The van der Waals surface area contributed by atoms with E-state index in [0.717, 1.165) is 22.8 Å². The van der Waals surface area contributed by atoms with E-state index >= 15 is 0 Å². The van der Waals surface area contributed by atoms with Crippen LogP contribution in [0.2, 0.25) is 0 Å². The smallest absolute Gasteiger partial charge is 0.249 e. The predicted molar refractivity (Wildman–Crippen MR) is 87.8 cm³/mol. The molecule has 5 heteroatoms. The van der Waals surface area contributed by atoms with E-state index < -0.39 is 18.1 Å². The van der Waals surface area contributed by atoms with Crippen LogP contribution < -0.4 is 11.1 Å². The number of primary amides is 1. The van der Waals surface area contributed by atoms with Crippen LogP contribution in [0.1, 0.15) is 18.4 Å². The van der Waals surface area contributed by atoms with Gasteiger partial charge < -0.3 is 15.8 Å². The Hall–Kier alpha value is -2.40. The number of hydrogen-bond donors (Lipinski definition) is 2. The van der Waals surface area contributed by atoms with Crippen molar-refractivity contribution in [3.8, 4) is 0 Å². The van der Waals surface area contributed by atoms with E-state index in [9.17, 15) is 9.59 Å². The van der Waals surface area contributed by atoms with Gasteiger partial charge in [-0.1, -0.05) is 42.5 Å². The molecule has 2 aromatic carbocycles. The molecule has 3 N–H and O–H groups in total. The minimum atomic E-state index is -0.738. The number of rotatable bonds is 5. The van der Waals surface area contributed by atoms with E-state index in [1.165, 1.54) is 0 Å². The van der Waals surface area contributed by atoms with Crippen molar-refractivity contribution in [2.75, 3.05) is 6.61 Å². The molecule has 0 aliphatic carbocycles. The highest BCUT2D eigenvalue weighted by Gasteiger charge is 2.27. The fourth-order valence-electron chi connectivity index (χ4n) is 2.96. The van der Waals surface area contributed by atoms with E-state index in [4.69, 9.17) is 10.5 Å². The molecule has 23 heavy (non-hydrogen) atoms. The van der Waals surface area contributed by atoms with Crippen LogP contribution in [0.5, 0.6) is 0 Å². The minimum Gasteiger partial charge on any atom is -0.368 e. The van der Waals surface area contributed by atoms with Crippen molar-refractivity contribution in [3.63, 3.8) is 0 Å². The van der Waals surface area contributed by atoms with Crippen LogP contribution in [-0.4, -0.2) is 30.6 Å². The predicted octanol–water partition coefficient (Wildman–Crippen LogP) is 1.53. The van der Waals surface area contributed by atoms with Gasteiger partial charge in [0.1, 0.15) is 12.1 Å². The molecule has 1 aliphatic rings. The van der Waals surface area contributed by atoms with Gasteiger partial charge in [0.15, 0.2) is 0 Å². The number of nitrogens with two attached hydrogens (primary N) is 1. The van der Waals surface area contributed by atoms with Crippen molar-refractivity contribution in [2.24, 2.45) is 5.73 Å². The second-order valence-corrected chi connectivity index (χ2v) is 5.81. The molecule has 1 heterocycles. The van der Waals surface area contributed by atoms with Gasteiger partial charge in [-0.25, -0.2) is 0 Å². The fraction of sp³-hybridized carbons (Fsp3) is 0.333. The Morgan fingerprint density at radius 2 is 2.00 bits per heavy atom.